The molecule has 5 heteroatoms. The third-order valence-electron chi connectivity index (χ3n) is 2.58. The Labute approximate surface area is 124 Å². The first-order chi connectivity index (χ1) is 9.69. The highest BCUT2D eigenvalue weighted by Gasteiger charge is 2.23. The highest BCUT2D eigenvalue weighted by molar-refractivity contribution is 5.79. The number of esters is 1. The summed E-state index contributed by atoms with van der Waals surface area (Å²) < 4.78 is 5.25. The highest BCUT2D eigenvalue weighted by atomic mass is 16.6. The number of benzene rings is 1. The standard InChI is InChI=1S/C16H21NO4/c1-16(2,3)21-15(20)14(17)12-8-4-6-11(10-12)7-5-9-13(18)19/h4-6,8-10,14H,7,17H2,1-3H3,(H,18,19). The summed E-state index contributed by atoms with van der Waals surface area (Å²) in [5.74, 6) is -1.47. The number of nitrogens with two attached hydrogens (primary N) is 1. The summed E-state index contributed by atoms with van der Waals surface area (Å²) in [6.45, 7) is 5.35. The zero-order valence-corrected chi connectivity index (χ0v) is 12.5. The molecule has 0 saturated heterocycles. The molecule has 1 aromatic rings. The maximum Gasteiger partial charge on any atom is 0.328 e. The van der Waals surface area contributed by atoms with E-state index in [9.17, 15) is 9.59 Å². The maximum absolute atomic E-state index is 11.9. The Bertz CT molecular complexity index is 543. The van der Waals surface area contributed by atoms with Gasteiger partial charge < -0.3 is 15.6 Å². The zero-order valence-electron chi connectivity index (χ0n) is 12.5. The van der Waals surface area contributed by atoms with Gasteiger partial charge in [0.1, 0.15) is 11.6 Å². The van der Waals surface area contributed by atoms with Crippen LogP contribution in [-0.4, -0.2) is 22.6 Å². The fourth-order valence-corrected chi connectivity index (χ4v) is 1.71. The molecule has 0 spiro atoms. The third kappa shape index (κ3) is 6.23. The van der Waals surface area contributed by atoms with Crippen LogP contribution < -0.4 is 5.73 Å². The zero-order chi connectivity index (χ0) is 16.0. The molecule has 0 heterocycles. The molecule has 0 radical (unpaired) electrons. The van der Waals surface area contributed by atoms with Crippen molar-refractivity contribution in [1.82, 2.24) is 0 Å². The van der Waals surface area contributed by atoms with Crippen molar-refractivity contribution in [2.45, 2.75) is 38.8 Å². The number of allylic oxidation sites excluding steroid dienone is 1. The quantitative estimate of drug-likeness (QED) is 0.641. The molecular formula is C16H21NO4. The molecule has 1 aromatic carbocycles. The van der Waals surface area contributed by atoms with Gasteiger partial charge in [0.25, 0.3) is 0 Å². The van der Waals surface area contributed by atoms with Crippen LogP contribution in [0.1, 0.15) is 37.9 Å². The van der Waals surface area contributed by atoms with Gasteiger partial charge in [-0.2, -0.15) is 0 Å². The molecule has 3 N–H and O–H groups in total. The molecule has 21 heavy (non-hydrogen) atoms. The minimum absolute atomic E-state index is 0.460. The number of carbonyl (C=O) groups excluding carboxylic acids is 1. The average Bonchev–Trinajstić information content (AvgIpc) is 2.35. The van der Waals surface area contributed by atoms with Gasteiger partial charge in [0.15, 0.2) is 0 Å². The first-order valence-corrected chi connectivity index (χ1v) is 6.66. The van der Waals surface area contributed by atoms with Crippen LogP contribution in [0.25, 0.3) is 0 Å². The molecule has 0 aliphatic carbocycles. The molecule has 0 fully saturated rings. The molecule has 5 nitrogen and oxygen atoms in total. The minimum Gasteiger partial charge on any atom is -0.478 e. The molecule has 0 saturated carbocycles. The van der Waals surface area contributed by atoms with E-state index in [0.717, 1.165) is 11.6 Å². The minimum atomic E-state index is -0.989. The van der Waals surface area contributed by atoms with Crippen molar-refractivity contribution < 1.29 is 19.4 Å². The number of rotatable bonds is 5. The Kier molecular flexibility index (Phi) is 5.67. The number of aliphatic carboxylic acids is 1. The molecular weight excluding hydrogens is 270 g/mol. The third-order valence-corrected chi connectivity index (χ3v) is 2.58. The summed E-state index contributed by atoms with van der Waals surface area (Å²) in [6.07, 6.45) is 3.09. The first kappa shape index (κ1) is 16.9. The van der Waals surface area contributed by atoms with Crippen molar-refractivity contribution in [3.63, 3.8) is 0 Å². The Morgan fingerprint density at radius 3 is 2.62 bits per heavy atom. The van der Waals surface area contributed by atoms with Crippen molar-refractivity contribution in [2.24, 2.45) is 5.73 Å². The van der Waals surface area contributed by atoms with Crippen LogP contribution in [0.5, 0.6) is 0 Å². The summed E-state index contributed by atoms with van der Waals surface area (Å²) >= 11 is 0. The van der Waals surface area contributed by atoms with Gasteiger partial charge in [-0.3, -0.25) is 0 Å². The molecule has 1 unspecified atom stereocenters. The van der Waals surface area contributed by atoms with Gasteiger partial charge in [-0.05, 0) is 38.3 Å². The number of carbonyl (C=O) groups is 2. The lowest BCUT2D eigenvalue weighted by Gasteiger charge is -2.22. The van der Waals surface area contributed by atoms with Crippen molar-refractivity contribution in [2.75, 3.05) is 0 Å². The summed E-state index contributed by atoms with van der Waals surface area (Å²) in [4.78, 5) is 22.4. The summed E-state index contributed by atoms with van der Waals surface area (Å²) in [7, 11) is 0. The molecule has 0 amide bonds. The second-order valence-electron chi connectivity index (χ2n) is 5.70. The van der Waals surface area contributed by atoms with Crippen molar-refractivity contribution in [3.05, 3.63) is 47.5 Å². The predicted octanol–water partition coefficient (Wildman–Crippen LogP) is 2.21. The Hall–Kier alpha value is -2.14. The van der Waals surface area contributed by atoms with E-state index in [2.05, 4.69) is 0 Å². The number of hydrogen-bond donors (Lipinski definition) is 2. The number of hydrogen-bond acceptors (Lipinski definition) is 4. The van der Waals surface area contributed by atoms with Crippen LogP contribution in [0, 0.1) is 0 Å². The molecule has 0 aliphatic heterocycles. The molecule has 0 bridgehead atoms. The molecule has 0 aliphatic rings. The highest BCUT2D eigenvalue weighted by Crippen LogP contribution is 2.18. The smallest absolute Gasteiger partial charge is 0.328 e. The SMILES string of the molecule is CC(C)(C)OC(=O)C(N)c1cccc(CC=CC(=O)O)c1. The fraction of sp³-hybridized carbons (Fsp3) is 0.375. The van der Waals surface area contributed by atoms with Gasteiger partial charge >= 0.3 is 11.9 Å². The van der Waals surface area contributed by atoms with Crippen molar-refractivity contribution in [1.29, 1.82) is 0 Å². The van der Waals surface area contributed by atoms with Gasteiger partial charge in [0, 0.05) is 6.08 Å². The number of ether oxygens (including phenoxy) is 1. The van der Waals surface area contributed by atoms with Crippen LogP contribution in [-0.2, 0) is 20.7 Å². The van der Waals surface area contributed by atoms with Crippen LogP contribution >= 0.6 is 0 Å². The average molecular weight is 291 g/mol. The maximum atomic E-state index is 11.9. The summed E-state index contributed by atoms with van der Waals surface area (Å²) in [5, 5.41) is 8.55. The Morgan fingerprint density at radius 1 is 1.38 bits per heavy atom. The van der Waals surface area contributed by atoms with E-state index < -0.39 is 23.6 Å². The van der Waals surface area contributed by atoms with Gasteiger partial charge in [0.05, 0.1) is 0 Å². The van der Waals surface area contributed by atoms with E-state index in [1.165, 1.54) is 0 Å². The second kappa shape index (κ2) is 7.04. The summed E-state index contributed by atoms with van der Waals surface area (Å²) in [5.41, 5.74) is 6.84. The van der Waals surface area contributed by atoms with E-state index in [0.29, 0.717) is 12.0 Å². The van der Waals surface area contributed by atoms with Gasteiger partial charge in [-0.25, -0.2) is 9.59 Å². The van der Waals surface area contributed by atoms with Crippen LogP contribution in [0.4, 0.5) is 0 Å². The summed E-state index contributed by atoms with van der Waals surface area (Å²) in [6, 6.07) is 6.30. The lowest BCUT2D eigenvalue weighted by molar-refractivity contribution is -0.156. The Balaban J connectivity index is 2.79. The predicted molar refractivity (Wildman–Crippen MR) is 79.7 cm³/mol. The fourth-order valence-electron chi connectivity index (χ4n) is 1.71. The normalized spacial score (nSPS) is 13.1. The van der Waals surface area contributed by atoms with Crippen LogP contribution in [0.3, 0.4) is 0 Å². The van der Waals surface area contributed by atoms with E-state index in [1.807, 2.05) is 6.07 Å². The number of carboxylic acid groups (broad SMARTS) is 1. The van der Waals surface area contributed by atoms with Gasteiger partial charge in [-0.1, -0.05) is 30.3 Å². The first-order valence-electron chi connectivity index (χ1n) is 6.66. The number of carboxylic acids is 1. The molecule has 1 atom stereocenters. The molecule has 0 aromatic heterocycles. The monoisotopic (exact) mass is 291 g/mol. The Morgan fingerprint density at radius 2 is 2.05 bits per heavy atom. The van der Waals surface area contributed by atoms with Gasteiger partial charge in [-0.15, -0.1) is 0 Å². The lowest BCUT2D eigenvalue weighted by atomic mass is 10.0. The van der Waals surface area contributed by atoms with Crippen molar-refractivity contribution in [3.8, 4) is 0 Å². The van der Waals surface area contributed by atoms with E-state index in [1.54, 1.807) is 45.0 Å². The second-order valence-corrected chi connectivity index (χ2v) is 5.70. The van der Waals surface area contributed by atoms with Crippen LogP contribution in [0.15, 0.2) is 36.4 Å². The van der Waals surface area contributed by atoms with E-state index in [-0.39, 0.29) is 0 Å². The largest absolute Gasteiger partial charge is 0.478 e. The van der Waals surface area contributed by atoms with E-state index in [4.69, 9.17) is 15.6 Å². The molecule has 1 rings (SSSR count). The molecule has 114 valence electrons. The van der Waals surface area contributed by atoms with Crippen molar-refractivity contribution >= 4 is 11.9 Å². The lowest BCUT2D eigenvalue weighted by Crippen LogP contribution is -2.31. The topological polar surface area (TPSA) is 89.6 Å². The van der Waals surface area contributed by atoms with Crippen LogP contribution in [0.2, 0.25) is 0 Å². The van der Waals surface area contributed by atoms with E-state index >= 15 is 0 Å². The van der Waals surface area contributed by atoms with Gasteiger partial charge in [0.2, 0.25) is 0 Å².